The van der Waals surface area contributed by atoms with Crippen molar-refractivity contribution in [3.8, 4) is 5.75 Å². The van der Waals surface area contributed by atoms with Crippen LogP contribution in [0.3, 0.4) is 0 Å². The topological polar surface area (TPSA) is 95.3 Å². The van der Waals surface area contributed by atoms with Gasteiger partial charge < -0.3 is 19.4 Å². The van der Waals surface area contributed by atoms with Gasteiger partial charge in [-0.3, -0.25) is 4.79 Å². The van der Waals surface area contributed by atoms with E-state index in [-0.39, 0.29) is 24.2 Å². The summed E-state index contributed by atoms with van der Waals surface area (Å²) in [5.41, 5.74) is 1.53. The third-order valence-corrected chi connectivity index (χ3v) is 8.67. The number of aryl methyl sites for hydroxylation is 1. The second-order valence-electron chi connectivity index (χ2n) is 8.56. The lowest BCUT2D eigenvalue weighted by Gasteiger charge is -2.15. The second kappa shape index (κ2) is 12.5. The molecule has 1 amide bonds. The number of benzene rings is 1. The zero-order valence-electron chi connectivity index (χ0n) is 20.8. The molecule has 0 fully saturated rings. The van der Waals surface area contributed by atoms with Gasteiger partial charge in [0.25, 0.3) is 0 Å². The van der Waals surface area contributed by atoms with Crippen LogP contribution in [0.25, 0.3) is 0 Å². The van der Waals surface area contributed by atoms with Crippen molar-refractivity contribution in [2.75, 3.05) is 17.7 Å². The maximum Gasteiger partial charge on any atom is 0.341 e. The summed E-state index contributed by atoms with van der Waals surface area (Å²) < 4.78 is 13.0. The van der Waals surface area contributed by atoms with Crippen LogP contribution in [0.15, 0.2) is 23.4 Å². The van der Waals surface area contributed by atoms with E-state index < -0.39 is 6.10 Å². The van der Waals surface area contributed by atoms with Crippen molar-refractivity contribution < 1.29 is 19.1 Å². The van der Waals surface area contributed by atoms with Crippen molar-refractivity contribution in [1.29, 1.82) is 0 Å². The SMILES string of the molecule is CCOC(=O)c1c(NC(=O)CSc2nnc(C(C)Oc3ccc(Cl)cc3Cl)n2C)sc2c1CCCCC2. The number of fused-ring (bicyclic) bond motifs is 1. The molecule has 0 saturated carbocycles. The normalized spacial score (nSPS) is 14.0. The predicted octanol–water partition coefficient (Wildman–Crippen LogP) is 6.50. The van der Waals surface area contributed by atoms with Crippen LogP contribution >= 0.6 is 46.3 Å². The summed E-state index contributed by atoms with van der Waals surface area (Å²) in [6, 6.07) is 5.01. The summed E-state index contributed by atoms with van der Waals surface area (Å²) >= 11 is 14.9. The average Bonchev–Trinajstić information content (AvgIpc) is 3.30. The number of aromatic nitrogens is 3. The van der Waals surface area contributed by atoms with E-state index in [0.717, 1.165) is 42.5 Å². The van der Waals surface area contributed by atoms with Crippen LogP contribution in [-0.2, 0) is 29.4 Å². The molecule has 198 valence electrons. The van der Waals surface area contributed by atoms with Crippen LogP contribution in [0.5, 0.6) is 5.75 Å². The first kappa shape index (κ1) is 27.8. The van der Waals surface area contributed by atoms with E-state index in [9.17, 15) is 9.59 Å². The van der Waals surface area contributed by atoms with Crippen molar-refractivity contribution in [2.45, 2.75) is 57.2 Å². The van der Waals surface area contributed by atoms with Crippen molar-refractivity contribution >= 4 is 63.2 Å². The first-order valence-electron chi connectivity index (χ1n) is 12.0. The summed E-state index contributed by atoms with van der Waals surface area (Å²) in [7, 11) is 1.81. The highest BCUT2D eigenvalue weighted by Gasteiger charge is 2.27. The highest BCUT2D eigenvalue weighted by molar-refractivity contribution is 7.99. The number of rotatable bonds is 9. The molecule has 2 aromatic heterocycles. The molecule has 1 atom stereocenters. The first-order chi connectivity index (χ1) is 17.8. The number of amides is 1. The summed E-state index contributed by atoms with van der Waals surface area (Å²) in [6.45, 7) is 3.91. The zero-order chi connectivity index (χ0) is 26.5. The number of ether oxygens (including phenoxy) is 2. The van der Waals surface area contributed by atoms with E-state index in [2.05, 4.69) is 15.5 Å². The number of hydrogen-bond acceptors (Lipinski definition) is 8. The van der Waals surface area contributed by atoms with Gasteiger partial charge in [-0.25, -0.2) is 4.79 Å². The molecule has 8 nitrogen and oxygen atoms in total. The van der Waals surface area contributed by atoms with Crippen molar-refractivity contribution in [2.24, 2.45) is 7.05 Å². The summed E-state index contributed by atoms with van der Waals surface area (Å²) in [4.78, 5) is 26.8. The fourth-order valence-corrected chi connectivity index (χ4v) is 6.63. The molecule has 4 rings (SSSR count). The Morgan fingerprint density at radius 3 is 2.76 bits per heavy atom. The van der Waals surface area contributed by atoms with Crippen LogP contribution in [0.2, 0.25) is 10.0 Å². The molecular formula is C25H28Cl2N4O4S2. The predicted molar refractivity (Wildman–Crippen MR) is 147 cm³/mol. The van der Waals surface area contributed by atoms with Gasteiger partial charge in [0.15, 0.2) is 17.1 Å². The lowest BCUT2D eigenvalue weighted by Crippen LogP contribution is -2.17. The van der Waals surface area contributed by atoms with E-state index in [4.69, 9.17) is 32.7 Å². The van der Waals surface area contributed by atoms with E-state index >= 15 is 0 Å². The summed E-state index contributed by atoms with van der Waals surface area (Å²) in [5.74, 6) is 0.573. The van der Waals surface area contributed by atoms with Gasteiger partial charge in [-0.15, -0.1) is 21.5 Å². The second-order valence-corrected chi connectivity index (χ2v) is 11.5. The van der Waals surface area contributed by atoms with Gasteiger partial charge in [0.2, 0.25) is 5.91 Å². The first-order valence-corrected chi connectivity index (χ1v) is 14.6. The van der Waals surface area contributed by atoms with Crippen molar-refractivity contribution in [1.82, 2.24) is 14.8 Å². The number of nitrogens with zero attached hydrogens (tertiary/aromatic N) is 3. The van der Waals surface area contributed by atoms with Crippen LogP contribution < -0.4 is 10.1 Å². The minimum atomic E-state index is -0.437. The molecule has 0 bridgehead atoms. The Labute approximate surface area is 234 Å². The number of nitrogens with one attached hydrogen (secondary N) is 1. The van der Waals surface area contributed by atoms with E-state index in [1.165, 1.54) is 23.1 Å². The Balaban J connectivity index is 1.42. The Kier molecular flexibility index (Phi) is 9.39. The largest absolute Gasteiger partial charge is 0.481 e. The van der Waals surface area contributed by atoms with Crippen LogP contribution in [0.4, 0.5) is 5.00 Å². The highest BCUT2D eigenvalue weighted by Crippen LogP contribution is 2.38. The average molecular weight is 584 g/mol. The van der Waals surface area contributed by atoms with Crippen molar-refractivity contribution in [3.05, 3.63) is 50.1 Å². The number of hydrogen-bond donors (Lipinski definition) is 1. The van der Waals surface area contributed by atoms with Crippen molar-refractivity contribution in [3.63, 3.8) is 0 Å². The number of anilines is 1. The lowest BCUT2D eigenvalue weighted by atomic mass is 10.1. The van der Waals surface area contributed by atoms with Crippen LogP contribution in [0.1, 0.15) is 65.8 Å². The molecular weight excluding hydrogens is 555 g/mol. The fraction of sp³-hybridized carbons (Fsp3) is 0.440. The number of esters is 1. The van der Waals surface area contributed by atoms with Gasteiger partial charge in [0, 0.05) is 16.9 Å². The summed E-state index contributed by atoms with van der Waals surface area (Å²) in [6.07, 6.45) is 4.56. The third-order valence-electron chi connectivity index (χ3n) is 5.92. The number of thioether (sulfide) groups is 1. The highest BCUT2D eigenvalue weighted by atomic mass is 35.5. The van der Waals surface area contributed by atoms with E-state index in [1.54, 1.807) is 29.7 Å². The quantitative estimate of drug-likeness (QED) is 0.175. The molecule has 0 aliphatic heterocycles. The molecule has 1 N–H and O–H groups in total. The molecule has 3 aromatic rings. The molecule has 12 heteroatoms. The van der Waals surface area contributed by atoms with Gasteiger partial charge >= 0.3 is 5.97 Å². The maximum atomic E-state index is 12.9. The molecule has 1 aliphatic rings. The molecule has 1 aliphatic carbocycles. The molecule has 37 heavy (non-hydrogen) atoms. The third kappa shape index (κ3) is 6.60. The molecule has 2 heterocycles. The molecule has 0 radical (unpaired) electrons. The Hall–Kier alpha value is -2.27. The van der Waals surface area contributed by atoms with Gasteiger partial charge in [0.05, 0.1) is 22.9 Å². The van der Waals surface area contributed by atoms with E-state index in [0.29, 0.717) is 37.3 Å². The molecule has 1 aromatic carbocycles. The van der Waals surface area contributed by atoms with Crippen LogP contribution in [0, 0.1) is 0 Å². The monoisotopic (exact) mass is 582 g/mol. The Bertz CT molecular complexity index is 1290. The van der Waals surface area contributed by atoms with Gasteiger partial charge in [0.1, 0.15) is 10.8 Å². The molecule has 0 spiro atoms. The number of carbonyl (C=O) groups excluding carboxylic acids is 2. The fourth-order valence-electron chi connectivity index (χ4n) is 4.16. The number of carbonyl (C=O) groups is 2. The Morgan fingerprint density at radius 1 is 1.22 bits per heavy atom. The van der Waals surface area contributed by atoms with E-state index in [1.807, 2.05) is 14.0 Å². The lowest BCUT2D eigenvalue weighted by molar-refractivity contribution is -0.113. The summed E-state index contributed by atoms with van der Waals surface area (Å²) in [5, 5.41) is 13.5. The van der Waals surface area contributed by atoms with Gasteiger partial charge in [-0.2, -0.15) is 0 Å². The number of halogens is 2. The molecule has 0 saturated heterocycles. The smallest absolute Gasteiger partial charge is 0.341 e. The minimum Gasteiger partial charge on any atom is -0.481 e. The minimum absolute atomic E-state index is 0.106. The Morgan fingerprint density at radius 2 is 2.00 bits per heavy atom. The zero-order valence-corrected chi connectivity index (χ0v) is 24.0. The van der Waals surface area contributed by atoms with Gasteiger partial charge in [-0.1, -0.05) is 41.4 Å². The standard InChI is InChI=1S/C25H28Cl2N4O4S2/c1-4-34-24(33)21-16-8-6-5-7-9-19(16)37-23(21)28-20(32)13-36-25-30-29-22(31(25)3)14(2)35-18-11-10-15(26)12-17(18)27/h10-12,14H,4-9,13H2,1-3H3,(H,28,32). The molecule has 1 unspecified atom stereocenters. The van der Waals surface area contributed by atoms with Crippen LogP contribution in [-0.4, -0.2) is 39.0 Å². The maximum absolute atomic E-state index is 12.9. The number of thiophene rings is 1. The van der Waals surface area contributed by atoms with Gasteiger partial charge in [-0.05, 0) is 63.3 Å².